The third-order valence-electron chi connectivity index (χ3n) is 3.22. The molecule has 19 heavy (non-hydrogen) atoms. The van der Waals surface area contributed by atoms with Crippen LogP contribution in [-0.2, 0) is 0 Å². The van der Waals surface area contributed by atoms with Gasteiger partial charge in [0.1, 0.15) is 0 Å². The molecule has 1 unspecified atom stereocenters. The van der Waals surface area contributed by atoms with Crippen LogP contribution in [0.3, 0.4) is 0 Å². The highest BCUT2D eigenvalue weighted by Crippen LogP contribution is 2.39. The zero-order chi connectivity index (χ0) is 14.2. The van der Waals surface area contributed by atoms with Crippen molar-refractivity contribution in [3.8, 4) is 0 Å². The molecule has 0 radical (unpaired) electrons. The van der Waals surface area contributed by atoms with Crippen molar-refractivity contribution in [1.82, 2.24) is 0 Å². The average molecular weight is 447 g/mol. The Morgan fingerprint density at radius 3 is 2.05 bits per heavy atom. The molecule has 0 bridgehead atoms. The molecule has 3 heteroatoms. The van der Waals surface area contributed by atoms with E-state index < -0.39 is 0 Å². The molecule has 0 saturated carbocycles. The first kappa shape index (κ1) is 15.3. The minimum Gasteiger partial charge on any atom is -0.0786 e. The smallest absolute Gasteiger partial charge is 0.0661 e. The maximum atomic E-state index is 3.85. The predicted molar refractivity (Wildman–Crippen MR) is 93.3 cm³/mol. The van der Waals surface area contributed by atoms with E-state index in [1.165, 1.54) is 27.8 Å². The van der Waals surface area contributed by atoms with Crippen LogP contribution in [0.15, 0.2) is 39.3 Å². The van der Waals surface area contributed by atoms with Crippen molar-refractivity contribution in [2.45, 2.75) is 25.6 Å². The average Bonchev–Trinajstić information content (AvgIpc) is 2.30. The molecule has 0 aliphatic carbocycles. The highest BCUT2D eigenvalue weighted by Gasteiger charge is 2.18. The molecule has 2 rings (SSSR count). The molecule has 2 aromatic rings. The molecule has 0 aromatic heterocycles. The van der Waals surface area contributed by atoms with Crippen LogP contribution < -0.4 is 0 Å². The molecular weight excluding hydrogens is 432 g/mol. The third kappa shape index (κ3) is 3.32. The van der Waals surface area contributed by atoms with Gasteiger partial charge in [-0.3, -0.25) is 0 Å². The molecular formula is C16H15Br3. The summed E-state index contributed by atoms with van der Waals surface area (Å²) < 4.78 is 2.22. The van der Waals surface area contributed by atoms with E-state index in [1.54, 1.807) is 0 Å². The van der Waals surface area contributed by atoms with Gasteiger partial charge in [-0.2, -0.15) is 0 Å². The van der Waals surface area contributed by atoms with E-state index >= 15 is 0 Å². The van der Waals surface area contributed by atoms with E-state index in [1.807, 2.05) is 6.07 Å². The third-order valence-corrected chi connectivity index (χ3v) is 5.39. The van der Waals surface area contributed by atoms with Crippen molar-refractivity contribution in [2.24, 2.45) is 0 Å². The monoisotopic (exact) mass is 444 g/mol. The second kappa shape index (κ2) is 6.11. The van der Waals surface area contributed by atoms with Gasteiger partial charge in [0.2, 0.25) is 0 Å². The number of aryl methyl sites for hydroxylation is 3. The van der Waals surface area contributed by atoms with Gasteiger partial charge in [-0.05, 0) is 61.2 Å². The summed E-state index contributed by atoms with van der Waals surface area (Å²) in [7, 11) is 0. The van der Waals surface area contributed by atoms with Crippen LogP contribution in [0.2, 0.25) is 0 Å². The maximum absolute atomic E-state index is 3.85. The molecule has 0 fully saturated rings. The summed E-state index contributed by atoms with van der Waals surface area (Å²) in [6.07, 6.45) is 0. The molecule has 0 saturated heterocycles. The number of hydrogen-bond acceptors (Lipinski definition) is 0. The maximum Gasteiger partial charge on any atom is 0.0661 e. The molecule has 0 spiro atoms. The van der Waals surface area contributed by atoms with Gasteiger partial charge in [-0.1, -0.05) is 65.5 Å². The zero-order valence-corrected chi connectivity index (χ0v) is 15.9. The summed E-state index contributed by atoms with van der Waals surface area (Å²) >= 11 is 11.0. The molecule has 0 aliphatic heterocycles. The topological polar surface area (TPSA) is 0 Å². The fraction of sp³-hybridized carbons (Fsp3) is 0.250. The first-order chi connectivity index (χ1) is 8.90. The number of hydrogen-bond donors (Lipinski definition) is 0. The minimum atomic E-state index is 0.194. The lowest BCUT2D eigenvalue weighted by molar-refractivity contribution is 1.09. The zero-order valence-electron chi connectivity index (χ0n) is 11.1. The van der Waals surface area contributed by atoms with E-state index in [0.29, 0.717) is 0 Å². The highest BCUT2D eigenvalue weighted by molar-refractivity contribution is 9.11. The van der Waals surface area contributed by atoms with Crippen LogP contribution >= 0.6 is 47.8 Å². The highest BCUT2D eigenvalue weighted by atomic mass is 79.9. The van der Waals surface area contributed by atoms with Crippen molar-refractivity contribution in [1.29, 1.82) is 0 Å². The Hall–Kier alpha value is -0.120. The number of rotatable bonds is 2. The molecule has 2 aromatic carbocycles. The standard InChI is InChI=1S/C16H15Br3/c1-9-6-10(2)15(11(3)7-9)16(19)13-8-12(17)4-5-14(13)18/h4-8,16H,1-3H3. The van der Waals surface area contributed by atoms with E-state index in [9.17, 15) is 0 Å². The Labute approximate surface area is 140 Å². The van der Waals surface area contributed by atoms with Crippen molar-refractivity contribution < 1.29 is 0 Å². The normalized spacial score (nSPS) is 12.5. The number of halogens is 3. The Bertz CT molecular complexity index is 594. The molecule has 0 amide bonds. The summed E-state index contributed by atoms with van der Waals surface area (Å²) in [5.74, 6) is 0. The summed E-state index contributed by atoms with van der Waals surface area (Å²) in [6.45, 7) is 6.49. The molecule has 0 aliphatic rings. The van der Waals surface area contributed by atoms with Crippen molar-refractivity contribution >= 4 is 47.8 Å². The fourth-order valence-corrected chi connectivity index (χ4v) is 4.72. The van der Waals surface area contributed by atoms with Crippen LogP contribution in [0.5, 0.6) is 0 Å². The van der Waals surface area contributed by atoms with Crippen LogP contribution in [0.4, 0.5) is 0 Å². The van der Waals surface area contributed by atoms with E-state index in [4.69, 9.17) is 0 Å². The number of alkyl halides is 1. The molecule has 0 heterocycles. The van der Waals surface area contributed by atoms with E-state index in [-0.39, 0.29) is 4.83 Å². The van der Waals surface area contributed by atoms with E-state index in [2.05, 4.69) is 92.8 Å². The lowest BCUT2D eigenvalue weighted by atomic mass is 9.94. The molecule has 0 N–H and O–H groups in total. The van der Waals surface area contributed by atoms with Gasteiger partial charge < -0.3 is 0 Å². The first-order valence-corrected chi connectivity index (χ1v) is 8.57. The summed E-state index contributed by atoms with van der Waals surface area (Å²) in [4.78, 5) is 0.194. The van der Waals surface area contributed by atoms with Gasteiger partial charge in [0.15, 0.2) is 0 Å². The van der Waals surface area contributed by atoms with Crippen molar-refractivity contribution in [3.63, 3.8) is 0 Å². The number of benzene rings is 2. The lowest BCUT2D eigenvalue weighted by Gasteiger charge is -2.19. The Morgan fingerprint density at radius 2 is 1.47 bits per heavy atom. The van der Waals surface area contributed by atoms with Gasteiger partial charge in [0, 0.05) is 8.95 Å². The summed E-state index contributed by atoms with van der Waals surface area (Å²) in [5.41, 5.74) is 6.55. The van der Waals surface area contributed by atoms with Gasteiger partial charge in [-0.15, -0.1) is 0 Å². The summed E-state index contributed by atoms with van der Waals surface area (Å²) in [6, 6.07) is 10.8. The van der Waals surface area contributed by atoms with Gasteiger partial charge in [0.25, 0.3) is 0 Å². The Morgan fingerprint density at radius 1 is 0.895 bits per heavy atom. The van der Waals surface area contributed by atoms with Crippen molar-refractivity contribution in [2.75, 3.05) is 0 Å². The minimum absolute atomic E-state index is 0.194. The second-order valence-corrected chi connectivity index (χ2v) is 7.53. The second-order valence-electron chi connectivity index (χ2n) is 4.84. The Kier molecular flexibility index (Phi) is 4.91. The SMILES string of the molecule is Cc1cc(C)c(C(Br)c2cc(Br)ccc2Br)c(C)c1. The van der Waals surface area contributed by atoms with E-state index in [0.717, 1.165) is 8.95 Å². The lowest BCUT2D eigenvalue weighted by Crippen LogP contribution is -2.01. The quantitative estimate of drug-likeness (QED) is 0.454. The van der Waals surface area contributed by atoms with Crippen LogP contribution in [0.1, 0.15) is 32.6 Å². The molecule has 1 atom stereocenters. The first-order valence-electron chi connectivity index (χ1n) is 6.07. The largest absolute Gasteiger partial charge is 0.0786 e. The molecule has 0 nitrogen and oxygen atoms in total. The van der Waals surface area contributed by atoms with Crippen LogP contribution in [0, 0.1) is 20.8 Å². The fourth-order valence-electron chi connectivity index (χ4n) is 2.46. The van der Waals surface area contributed by atoms with Gasteiger partial charge in [-0.25, -0.2) is 0 Å². The van der Waals surface area contributed by atoms with Gasteiger partial charge >= 0.3 is 0 Å². The summed E-state index contributed by atoms with van der Waals surface area (Å²) in [5, 5.41) is 0. The predicted octanol–water partition coefficient (Wildman–Crippen LogP) is 6.62. The molecule has 100 valence electrons. The van der Waals surface area contributed by atoms with Crippen molar-refractivity contribution in [3.05, 3.63) is 67.1 Å². The van der Waals surface area contributed by atoms with Crippen LogP contribution in [0.25, 0.3) is 0 Å². The van der Waals surface area contributed by atoms with Gasteiger partial charge in [0.05, 0.1) is 4.83 Å². The van der Waals surface area contributed by atoms with Crippen LogP contribution in [-0.4, -0.2) is 0 Å². The Balaban J connectivity index is 2.56.